The van der Waals surface area contributed by atoms with Crippen LogP contribution in [0.1, 0.15) is 17.5 Å². The van der Waals surface area contributed by atoms with Crippen LogP contribution >= 0.6 is 11.6 Å². The van der Waals surface area contributed by atoms with Crippen LogP contribution in [0.3, 0.4) is 0 Å². The first-order valence-electron chi connectivity index (χ1n) is 9.60. The molecule has 0 unspecified atom stereocenters. The van der Waals surface area contributed by atoms with Crippen molar-refractivity contribution in [1.82, 2.24) is 25.0 Å². The zero-order valence-electron chi connectivity index (χ0n) is 17.2. The number of hydrogen-bond acceptors (Lipinski definition) is 6. The quantitative estimate of drug-likeness (QED) is 0.673. The highest BCUT2D eigenvalue weighted by atomic mass is 35.5. The van der Waals surface area contributed by atoms with Crippen LogP contribution in [-0.4, -0.2) is 73.7 Å². The number of amides is 2. The summed E-state index contributed by atoms with van der Waals surface area (Å²) in [6, 6.07) is 1.87. The summed E-state index contributed by atoms with van der Waals surface area (Å²) in [7, 11) is -2.07. The van der Waals surface area contributed by atoms with Crippen LogP contribution in [0.2, 0.25) is 5.02 Å². The monoisotopic (exact) mass is 455 g/mol. The molecule has 1 aromatic carbocycles. The normalized spacial score (nSPS) is 20.9. The highest BCUT2D eigenvalue weighted by Gasteiger charge is 2.38. The Morgan fingerprint density at radius 2 is 1.87 bits per heavy atom. The number of aryl methyl sites for hydroxylation is 2. The van der Waals surface area contributed by atoms with E-state index >= 15 is 0 Å². The fourth-order valence-corrected chi connectivity index (χ4v) is 5.36. The number of benzene rings is 1. The fourth-order valence-electron chi connectivity index (χ4n) is 3.40. The highest BCUT2D eigenvalue weighted by Crippen LogP contribution is 2.29. The predicted octanol–water partition coefficient (Wildman–Crippen LogP) is 0.586. The first-order valence-corrected chi connectivity index (χ1v) is 11.4. The van der Waals surface area contributed by atoms with Gasteiger partial charge < -0.3 is 10.2 Å². The number of rotatable bonds is 5. The first-order chi connectivity index (χ1) is 14.1. The molecule has 2 N–H and O–H groups in total. The van der Waals surface area contributed by atoms with Gasteiger partial charge in [-0.05, 0) is 44.2 Å². The van der Waals surface area contributed by atoms with Crippen molar-refractivity contribution in [3.63, 3.8) is 0 Å². The average molecular weight is 456 g/mol. The van der Waals surface area contributed by atoms with Gasteiger partial charge in [0.05, 0.1) is 11.3 Å². The molecule has 0 saturated carbocycles. The van der Waals surface area contributed by atoms with E-state index in [1.807, 2.05) is 7.05 Å². The van der Waals surface area contributed by atoms with Crippen molar-refractivity contribution in [2.75, 3.05) is 33.2 Å². The number of piperazine rings is 1. The van der Waals surface area contributed by atoms with Gasteiger partial charge in [0.15, 0.2) is 0 Å². The van der Waals surface area contributed by atoms with Crippen molar-refractivity contribution in [1.29, 1.82) is 0 Å². The molecule has 0 radical (unpaired) electrons. The zero-order chi connectivity index (χ0) is 22.1. The van der Waals surface area contributed by atoms with E-state index in [4.69, 9.17) is 11.6 Å². The Morgan fingerprint density at radius 1 is 1.20 bits per heavy atom. The summed E-state index contributed by atoms with van der Waals surface area (Å²) < 4.78 is 27.6. The summed E-state index contributed by atoms with van der Waals surface area (Å²) in [4.78, 5) is 27.2. The Bertz CT molecular complexity index is 973. The molecule has 30 heavy (non-hydrogen) atoms. The lowest BCUT2D eigenvalue weighted by Crippen LogP contribution is -2.55. The number of hydrogen-bond donors (Lipinski definition) is 2. The Kier molecular flexibility index (Phi) is 6.71. The van der Waals surface area contributed by atoms with Crippen molar-refractivity contribution in [2.45, 2.75) is 31.2 Å². The maximum Gasteiger partial charge on any atom is 0.264 e. The Balaban J connectivity index is 1.81. The number of nitrogens with one attached hydrogen (secondary N) is 2. The smallest absolute Gasteiger partial charge is 0.264 e. The lowest BCUT2D eigenvalue weighted by Gasteiger charge is -2.34. The lowest BCUT2D eigenvalue weighted by molar-refractivity contribution is -0.132. The van der Waals surface area contributed by atoms with Gasteiger partial charge in [-0.2, -0.15) is 0 Å². The highest BCUT2D eigenvalue weighted by molar-refractivity contribution is 7.89. The van der Waals surface area contributed by atoms with Crippen molar-refractivity contribution in [2.24, 2.45) is 0 Å². The number of sulfonamides is 1. The second kappa shape index (κ2) is 8.93. The van der Waals surface area contributed by atoms with E-state index in [1.54, 1.807) is 24.9 Å². The van der Waals surface area contributed by atoms with Crippen molar-refractivity contribution >= 4 is 33.4 Å². The molecule has 0 aromatic heterocycles. The van der Waals surface area contributed by atoms with Crippen LogP contribution in [0.25, 0.3) is 0 Å². The number of carbonyl (C=O) groups is 2. The van der Waals surface area contributed by atoms with Gasteiger partial charge in [0.2, 0.25) is 11.8 Å². The maximum absolute atomic E-state index is 13.3. The van der Waals surface area contributed by atoms with Crippen LogP contribution in [-0.2, 0) is 19.6 Å². The van der Waals surface area contributed by atoms with Gasteiger partial charge >= 0.3 is 0 Å². The van der Waals surface area contributed by atoms with Crippen LogP contribution in [0.4, 0.5) is 0 Å². The summed E-state index contributed by atoms with van der Waals surface area (Å²) in [5.74, 6) is -0.975. The van der Waals surface area contributed by atoms with Crippen molar-refractivity contribution in [3.8, 4) is 0 Å². The Morgan fingerprint density at radius 3 is 2.53 bits per heavy atom. The van der Waals surface area contributed by atoms with E-state index in [-0.39, 0.29) is 11.3 Å². The lowest BCUT2D eigenvalue weighted by atomic mass is 10.1. The molecule has 0 aliphatic carbocycles. The minimum atomic E-state index is -4.07. The first kappa shape index (κ1) is 22.5. The van der Waals surface area contributed by atoms with Gasteiger partial charge in [0, 0.05) is 43.6 Å². The average Bonchev–Trinajstić information content (AvgIpc) is 2.68. The van der Waals surface area contributed by atoms with E-state index in [0.717, 1.165) is 17.4 Å². The molecule has 3 rings (SSSR count). The molecule has 2 heterocycles. The number of halogens is 1. The third-order valence-electron chi connectivity index (χ3n) is 5.23. The fraction of sp³-hybridized carbons (Fsp3) is 0.474. The molecular weight excluding hydrogens is 430 g/mol. The van der Waals surface area contributed by atoms with Gasteiger partial charge in [-0.15, -0.1) is 0 Å². The number of likely N-dealkylation sites (N-methyl/N-ethyl adjacent to an activating group) is 1. The summed E-state index contributed by atoms with van der Waals surface area (Å²) >= 11 is 6.10. The SMILES string of the molecule is Cc1cc(S(=O)(=O)N2C=CNC(=O)[C@H]2CC(=O)NN2CCN(C)CC2)c(C)cc1Cl. The molecule has 2 amide bonds. The van der Waals surface area contributed by atoms with Gasteiger partial charge in [0.1, 0.15) is 6.04 Å². The largest absolute Gasteiger partial charge is 0.329 e. The molecule has 11 heteroatoms. The molecule has 1 aromatic rings. The molecule has 0 bridgehead atoms. The molecule has 2 aliphatic heterocycles. The second-order valence-electron chi connectivity index (χ2n) is 7.57. The number of hydrazine groups is 1. The molecule has 1 fully saturated rings. The van der Waals surface area contributed by atoms with E-state index in [2.05, 4.69) is 15.6 Å². The summed E-state index contributed by atoms with van der Waals surface area (Å²) in [5.41, 5.74) is 3.84. The minimum absolute atomic E-state index is 0.0493. The van der Waals surface area contributed by atoms with E-state index < -0.39 is 27.9 Å². The Labute approximate surface area is 181 Å². The van der Waals surface area contributed by atoms with Gasteiger partial charge in [0.25, 0.3) is 10.0 Å². The van der Waals surface area contributed by atoms with Crippen LogP contribution in [0.15, 0.2) is 29.4 Å². The van der Waals surface area contributed by atoms with Crippen molar-refractivity contribution < 1.29 is 18.0 Å². The number of carbonyl (C=O) groups excluding carboxylic acids is 2. The zero-order valence-corrected chi connectivity index (χ0v) is 18.8. The van der Waals surface area contributed by atoms with Gasteiger partial charge in [-0.1, -0.05) is 11.6 Å². The summed E-state index contributed by atoms with van der Waals surface area (Å²) in [6.07, 6.45) is 2.23. The minimum Gasteiger partial charge on any atom is -0.329 e. The second-order valence-corrected chi connectivity index (χ2v) is 9.79. The predicted molar refractivity (Wildman–Crippen MR) is 113 cm³/mol. The van der Waals surface area contributed by atoms with Crippen molar-refractivity contribution in [3.05, 3.63) is 40.7 Å². The van der Waals surface area contributed by atoms with E-state index in [1.165, 1.54) is 18.5 Å². The standard InChI is InChI=1S/C19H26ClN5O4S/c1-13-11-17(14(2)10-15(13)20)30(28,29)25-5-4-21-19(27)16(25)12-18(26)22-24-8-6-23(3)7-9-24/h4-5,10-11,16H,6-9,12H2,1-3H3,(H,21,27)(H,22,26)/t16-/m1/s1. The van der Waals surface area contributed by atoms with Gasteiger partial charge in [-0.25, -0.2) is 13.4 Å². The molecule has 9 nitrogen and oxygen atoms in total. The van der Waals surface area contributed by atoms with E-state index in [9.17, 15) is 18.0 Å². The topological polar surface area (TPSA) is 102 Å². The maximum atomic E-state index is 13.3. The third kappa shape index (κ3) is 4.77. The molecule has 1 atom stereocenters. The van der Waals surface area contributed by atoms with Crippen LogP contribution in [0.5, 0.6) is 0 Å². The molecule has 1 saturated heterocycles. The molecule has 2 aliphatic rings. The number of nitrogens with zero attached hydrogens (tertiary/aromatic N) is 3. The third-order valence-corrected chi connectivity index (χ3v) is 7.57. The molecule has 164 valence electrons. The summed E-state index contributed by atoms with van der Waals surface area (Å²) in [5, 5.41) is 4.73. The molecule has 0 spiro atoms. The molecular formula is C19H26ClN5O4S. The van der Waals surface area contributed by atoms with E-state index in [0.29, 0.717) is 29.2 Å². The Hall–Kier alpha value is -2.14. The van der Waals surface area contributed by atoms with Gasteiger partial charge in [-0.3, -0.25) is 19.3 Å². The van der Waals surface area contributed by atoms with Crippen LogP contribution in [0, 0.1) is 13.8 Å². The summed E-state index contributed by atoms with van der Waals surface area (Å²) in [6.45, 7) is 6.28. The van der Waals surface area contributed by atoms with Crippen LogP contribution < -0.4 is 10.7 Å².